The van der Waals surface area contributed by atoms with Gasteiger partial charge in [0.05, 0.1) is 11.6 Å². The van der Waals surface area contributed by atoms with Crippen molar-refractivity contribution < 1.29 is 9.90 Å². The van der Waals surface area contributed by atoms with Crippen LogP contribution in [0.4, 0.5) is 0 Å². The molecule has 0 aliphatic heterocycles. The first-order valence-corrected chi connectivity index (χ1v) is 4.89. The van der Waals surface area contributed by atoms with Crippen LogP contribution in [-0.2, 0) is 17.6 Å². The number of aryl methyl sites for hydroxylation is 2. The van der Waals surface area contributed by atoms with E-state index in [1.807, 2.05) is 0 Å². The van der Waals surface area contributed by atoms with Gasteiger partial charge in [0.15, 0.2) is 0 Å². The number of carboxylic acids is 1. The number of aromatic amines is 1. The van der Waals surface area contributed by atoms with Crippen molar-refractivity contribution in [3.05, 3.63) is 27.4 Å². The summed E-state index contributed by atoms with van der Waals surface area (Å²) in [6.45, 7) is 1.73. The molecule has 0 bridgehead atoms. The van der Waals surface area contributed by atoms with E-state index in [1.54, 1.807) is 6.92 Å². The Kier molecular flexibility index (Phi) is 2.30. The van der Waals surface area contributed by atoms with Gasteiger partial charge in [0.25, 0.3) is 5.56 Å². The van der Waals surface area contributed by atoms with Gasteiger partial charge in [0.2, 0.25) is 0 Å². The summed E-state index contributed by atoms with van der Waals surface area (Å²) < 4.78 is 0. The number of rotatable bonds is 1. The molecule has 15 heavy (non-hydrogen) atoms. The van der Waals surface area contributed by atoms with E-state index in [0.717, 1.165) is 5.69 Å². The molecule has 0 radical (unpaired) electrons. The molecule has 1 aliphatic carbocycles. The number of aliphatic carboxylic acids is 1. The highest BCUT2D eigenvalue weighted by molar-refractivity contribution is 5.70. The van der Waals surface area contributed by atoms with E-state index < -0.39 is 11.9 Å². The molecule has 0 spiro atoms. The molecule has 5 nitrogen and oxygen atoms in total. The molecular weight excluding hydrogens is 196 g/mol. The summed E-state index contributed by atoms with van der Waals surface area (Å²) in [7, 11) is 0. The van der Waals surface area contributed by atoms with Crippen molar-refractivity contribution >= 4 is 5.97 Å². The van der Waals surface area contributed by atoms with Crippen LogP contribution in [0.1, 0.15) is 23.5 Å². The number of hydrogen-bond acceptors (Lipinski definition) is 3. The Balaban J connectivity index is 2.42. The molecule has 1 heterocycles. The van der Waals surface area contributed by atoms with Crippen molar-refractivity contribution in [2.75, 3.05) is 0 Å². The summed E-state index contributed by atoms with van der Waals surface area (Å²) in [5.41, 5.74) is 1.11. The Hall–Kier alpha value is -1.65. The van der Waals surface area contributed by atoms with Crippen LogP contribution in [0, 0.1) is 12.8 Å². The number of aromatic nitrogens is 2. The summed E-state index contributed by atoms with van der Waals surface area (Å²) in [6, 6.07) is 0. The smallest absolute Gasteiger partial charge is 0.306 e. The topological polar surface area (TPSA) is 83.0 Å². The molecule has 1 aromatic rings. The first kappa shape index (κ1) is 9.89. The molecule has 0 saturated heterocycles. The van der Waals surface area contributed by atoms with Crippen LogP contribution in [0.5, 0.6) is 0 Å². The standard InChI is InChI=1S/C10H12N2O3/c1-5-11-8-3-2-6(10(14)15)4-7(8)9(13)12-5/h6H,2-4H2,1H3,(H,14,15)(H,11,12,13)/t6-/m1/s1. The molecule has 0 saturated carbocycles. The lowest BCUT2D eigenvalue weighted by molar-refractivity contribution is -0.142. The number of nitrogens with one attached hydrogen (secondary N) is 1. The molecule has 0 amide bonds. The van der Waals surface area contributed by atoms with Crippen LogP contribution in [0.25, 0.3) is 0 Å². The van der Waals surface area contributed by atoms with Crippen LogP contribution in [-0.4, -0.2) is 21.0 Å². The lowest BCUT2D eigenvalue weighted by atomic mass is 9.87. The third kappa shape index (κ3) is 1.77. The Morgan fingerprint density at radius 1 is 1.60 bits per heavy atom. The SMILES string of the molecule is Cc1nc2c(c(=O)[nH]1)C[C@H](C(=O)O)CC2. The molecular formula is C10H12N2O3. The van der Waals surface area contributed by atoms with E-state index in [1.165, 1.54) is 0 Å². The summed E-state index contributed by atoms with van der Waals surface area (Å²) in [6.07, 6.45) is 1.45. The lowest BCUT2D eigenvalue weighted by Crippen LogP contribution is -2.29. The quantitative estimate of drug-likeness (QED) is 0.693. The molecule has 0 fully saturated rings. The fraction of sp³-hybridized carbons (Fsp3) is 0.500. The maximum atomic E-state index is 11.6. The summed E-state index contributed by atoms with van der Waals surface area (Å²) in [5, 5.41) is 8.88. The van der Waals surface area contributed by atoms with Crippen molar-refractivity contribution in [3.8, 4) is 0 Å². The van der Waals surface area contributed by atoms with E-state index in [2.05, 4.69) is 9.97 Å². The zero-order valence-corrected chi connectivity index (χ0v) is 8.41. The van der Waals surface area contributed by atoms with Crippen LogP contribution >= 0.6 is 0 Å². The minimum absolute atomic E-state index is 0.191. The second-order valence-electron chi connectivity index (χ2n) is 3.85. The van der Waals surface area contributed by atoms with Crippen molar-refractivity contribution in [2.45, 2.75) is 26.2 Å². The van der Waals surface area contributed by atoms with Crippen molar-refractivity contribution in [2.24, 2.45) is 5.92 Å². The summed E-state index contributed by atoms with van der Waals surface area (Å²) >= 11 is 0. The van der Waals surface area contributed by atoms with Crippen LogP contribution in [0.2, 0.25) is 0 Å². The average Bonchev–Trinajstić information content (AvgIpc) is 2.16. The van der Waals surface area contributed by atoms with Gasteiger partial charge in [-0.2, -0.15) is 0 Å². The fourth-order valence-electron chi connectivity index (χ4n) is 1.96. The first-order chi connectivity index (χ1) is 7.08. The first-order valence-electron chi connectivity index (χ1n) is 4.89. The van der Waals surface area contributed by atoms with Gasteiger partial charge in [-0.05, 0) is 26.2 Å². The second kappa shape index (κ2) is 3.49. The number of nitrogens with zero attached hydrogens (tertiary/aromatic N) is 1. The van der Waals surface area contributed by atoms with Gasteiger partial charge >= 0.3 is 5.97 Å². The maximum Gasteiger partial charge on any atom is 0.306 e. The van der Waals surface area contributed by atoms with E-state index in [-0.39, 0.29) is 5.56 Å². The van der Waals surface area contributed by atoms with Gasteiger partial charge in [-0.15, -0.1) is 0 Å². The van der Waals surface area contributed by atoms with Crippen LogP contribution in [0.3, 0.4) is 0 Å². The van der Waals surface area contributed by atoms with Gasteiger partial charge in [0, 0.05) is 5.56 Å². The molecule has 1 aliphatic rings. The highest BCUT2D eigenvalue weighted by Crippen LogP contribution is 2.21. The van der Waals surface area contributed by atoms with E-state index in [0.29, 0.717) is 30.7 Å². The van der Waals surface area contributed by atoms with Gasteiger partial charge in [0.1, 0.15) is 5.82 Å². The van der Waals surface area contributed by atoms with Crippen LogP contribution in [0.15, 0.2) is 4.79 Å². The fourth-order valence-corrected chi connectivity index (χ4v) is 1.96. The molecule has 0 aromatic carbocycles. The summed E-state index contributed by atoms with van der Waals surface area (Å²) in [4.78, 5) is 29.2. The molecule has 1 aromatic heterocycles. The highest BCUT2D eigenvalue weighted by atomic mass is 16.4. The van der Waals surface area contributed by atoms with Gasteiger partial charge in [-0.3, -0.25) is 9.59 Å². The molecule has 80 valence electrons. The Morgan fingerprint density at radius 3 is 3.00 bits per heavy atom. The number of H-pyrrole nitrogens is 1. The molecule has 2 rings (SSSR count). The van der Waals surface area contributed by atoms with Crippen molar-refractivity contribution in [1.82, 2.24) is 9.97 Å². The van der Waals surface area contributed by atoms with Crippen molar-refractivity contribution in [1.29, 1.82) is 0 Å². The highest BCUT2D eigenvalue weighted by Gasteiger charge is 2.26. The Morgan fingerprint density at radius 2 is 2.33 bits per heavy atom. The predicted molar refractivity (Wildman–Crippen MR) is 52.7 cm³/mol. The number of carboxylic acid groups (broad SMARTS) is 1. The van der Waals surface area contributed by atoms with Gasteiger partial charge in [-0.1, -0.05) is 0 Å². The van der Waals surface area contributed by atoms with Gasteiger partial charge in [-0.25, -0.2) is 4.98 Å². The van der Waals surface area contributed by atoms with Crippen molar-refractivity contribution in [3.63, 3.8) is 0 Å². The normalized spacial score (nSPS) is 19.7. The predicted octanol–water partition coefficient (Wildman–Crippen LogP) is 0.268. The van der Waals surface area contributed by atoms with E-state index >= 15 is 0 Å². The summed E-state index contributed by atoms with van der Waals surface area (Å²) in [5.74, 6) is -0.684. The molecule has 2 N–H and O–H groups in total. The number of carbonyl (C=O) groups is 1. The Bertz CT molecular complexity index is 464. The lowest BCUT2D eigenvalue weighted by Gasteiger charge is -2.19. The zero-order valence-electron chi connectivity index (χ0n) is 8.41. The number of hydrogen-bond donors (Lipinski definition) is 2. The van der Waals surface area contributed by atoms with Gasteiger partial charge < -0.3 is 10.1 Å². The third-order valence-electron chi connectivity index (χ3n) is 2.75. The number of fused-ring (bicyclic) bond motifs is 1. The molecule has 0 unspecified atom stereocenters. The van der Waals surface area contributed by atoms with E-state index in [4.69, 9.17) is 5.11 Å². The second-order valence-corrected chi connectivity index (χ2v) is 3.85. The maximum absolute atomic E-state index is 11.6. The zero-order chi connectivity index (χ0) is 11.0. The molecule has 1 atom stereocenters. The monoisotopic (exact) mass is 208 g/mol. The Labute approximate surface area is 86.2 Å². The minimum atomic E-state index is -0.833. The largest absolute Gasteiger partial charge is 0.481 e. The molecule has 5 heteroatoms. The van der Waals surface area contributed by atoms with Crippen LogP contribution < -0.4 is 5.56 Å². The average molecular weight is 208 g/mol. The minimum Gasteiger partial charge on any atom is -0.481 e. The van der Waals surface area contributed by atoms with E-state index in [9.17, 15) is 9.59 Å². The third-order valence-corrected chi connectivity index (χ3v) is 2.75.